The van der Waals surface area contributed by atoms with Gasteiger partial charge in [-0.05, 0) is 74.5 Å². The Kier molecular flexibility index (Phi) is 7.11. The maximum absolute atomic E-state index is 12.4. The maximum Gasteiger partial charge on any atom is 0.269 e. The smallest absolute Gasteiger partial charge is 0.269 e. The van der Waals surface area contributed by atoms with Gasteiger partial charge < -0.3 is 4.74 Å². The molecule has 0 radical (unpaired) electrons. The highest BCUT2D eigenvalue weighted by atomic mass is 32.2. The monoisotopic (exact) mass is 453 g/mol. The SMILES string of the molecule is CC(C)Oc1ccc(C(=O)NNC(=O)c2ccc(NS(=O)(=O)c3ccccc3)cc2)cc1. The van der Waals surface area contributed by atoms with Crippen molar-refractivity contribution in [2.45, 2.75) is 24.8 Å². The minimum Gasteiger partial charge on any atom is -0.491 e. The molecule has 0 fully saturated rings. The second-order valence-electron chi connectivity index (χ2n) is 7.10. The summed E-state index contributed by atoms with van der Waals surface area (Å²) >= 11 is 0. The molecule has 0 saturated carbocycles. The number of hydrogen-bond donors (Lipinski definition) is 3. The zero-order chi connectivity index (χ0) is 23.1. The number of ether oxygens (including phenoxy) is 1. The van der Waals surface area contributed by atoms with E-state index in [2.05, 4.69) is 15.6 Å². The van der Waals surface area contributed by atoms with Gasteiger partial charge in [-0.3, -0.25) is 25.2 Å². The molecular formula is C23H23N3O5S. The molecule has 0 unspecified atom stereocenters. The summed E-state index contributed by atoms with van der Waals surface area (Å²) < 4.78 is 32.7. The van der Waals surface area contributed by atoms with E-state index < -0.39 is 21.8 Å². The topological polar surface area (TPSA) is 114 Å². The van der Waals surface area contributed by atoms with Crippen LogP contribution in [0.1, 0.15) is 34.6 Å². The van der Waals surface area contributed by atoms with Crippen LogP contribution in [0.4, 0.5) is 5.69 Å². The van der Waals surface area contributed by atoms with E-state index >= 15 is 0 Å². The van der Waals surface area contributed by atoms with E-state index in [4.69, 9.17) is 4.74 Å². The first-order valence-corrected chi connectivity index (χ1v) is 11.3. The van der Waals surface area contributed by atoms with Crippen LogP contribution in [0.3, 0.4) is 0 Å². The first kappa shape index (κ1) is 22.8. The Morgan fingerprint density at radius 3 is 1.75 bits per heavy atom. The number of carbonyl (C=O) groups is 2. The third-order valence-corrected chi connectivity index (χ3v) is 5.63. The van der Waals surface area contributed by atoms with Crippen molar-refractivity contribution in [3.63, 3.8) is 0 Å². The Morgan fingerprint density at radius 1 is 0.750 bits per heavy atom. The molecule has 3 N–H and O–H groups in total. The van der Waals surface area contributed by atoms with Crippen molar-refractivity contribution in [1.29, 1.82) is 0 Å². The molecule has 0 spiro atoms. The summed E-state index contributed by atoms with van der Waals surface area (Å²) in [4.78, 5) is 24.6. The zero-order valence-electron chi connectivity index (χ0n) is 17.5. The largest absolute Gasteiger partial charge is 0.491 e. The van der Waals surface area contributed by atoms with Gasteiger partial charge in [-0.15, -0.1) is 0 Å². The maximum atomic E-state index is 12.4. The van der Waals surface area contributed by atoms with Gasteiger partial charge in [0.05, 0.1) is 11.0 Å². The lowest BCUT2D eigenvalue weighted by atomic mass is 10.2. The van der Waals surface area contributed by atoms with E-state index in [1.807, 2.05) is 13.8 Å². The number of anilines is 1. The highest BCUT2D eigenvalue weighted by Crippen LogP contribution is 2.17. The predicted octanol–water partition coefficient (Wildman–Crippen LogP) is 3.35. The Labute approximate surface area is 186 Å². The molecule has 8 nitrogen and oxygen atoms in total. The molecule has 0 heterocycles. The number of hydrogen-bond acceptors (Lipinski definition) is 5. The number of amides is 2. The van der Waals surface area contributed by atoms with Gasteiger partial charge in [0.1, 0.15) is 5.75 Å². The van der Waals surface area contributed by atoms with Crippen LogP contribution in [0.2, 0.25) is 0 Å². The van der Waals surface area contributed by atoms with Crippen molar-refractivity contribution in [3.05, 3.63) is 90.0 Å². The summed E-state index contributed by atoms with van der Waals surface area (Å²) in [7, 11) is -3.72. The van der Waals surface area contributed by atoms with Gasteiger partial charge in [0.2, 0.25) is 0 Å². The molecule has 0 bridgehead atoms. The highest BCUT2D eigenvalue weighted by Gasteiger charge is 2.14. The van der Waals surface area contributed by atoms with Gasteiger partial charge in [-0.2, -0.15) is 0 Å². The van der Waals surface area contributed by atoms with Crippen molar-refractivity contribution < 1.29 is 22.7 Å². The van der Waals surface area contributed by atoms with E-state index in [0.29, 0.717) is 17.0 Å². The van der Waals surface area contributed by atoms with Crippen molar-refractivity contribution in [3.8, 4) is 5.75 Å². The normalized spacial score (nSPS) is 11.0. The molecule has 0 atom stereocenters. The summed E-state index contributed by atoms with van der Waals surface area (Å²) in [5, 5.41) is 0. The van der Waals surface area contributed by atoms with Crippen LogP contribution in [0.15, 0.2) is 83.8 Å². The van der Waals surface area contributed by atoms with Gasteiger partial charge in [0.15, 0.2) is 0 Å². The lowest BCUT2D eigenvalue weighted by molar-refractivity contribution is 0.0846. The minimum atomic E-state index is -3.72. The molecular weight excluding hydrogens is 430 g/mol. The Hall–Kier alpha value is -3.85. The average molecular weight is 454 g/mol. The lowest BCUT2D eigenvalue weighted by Crippen LogP contribution is -2.41. The summed E-state index contributed by atoms with van der Waals surface area (Å²) in [5.41, 5.74) is 5.57. The van der Waals surface area contributed by atoms with Crippen molar-refractivity contribution in [1.82, 2.24) is 10.9 Å². The molecule has 2 amide bonds. The third kappa shape index (κ3) is 6.08. The Morgan fingerprint density at radius 2 is 1.25 bits per heavy atom. The van der Waals surface area contributed by atoms with E-state index in [1.165, 1.54) is 36.4 Å². The van der Waals surface area contributed by atoms with Gasteiger partial charge in [0.25, 0.3) is 21.8 Å². The van der Waals surface area contributed by atoms with Crippen LogP contribution in [0.25, 0.3) is 0 Å². The first-order chi connectivity index (χ1) is 15.2. The summed E-state index contributed by atoms with van der Waals surface area (Å²) in [6.07, 6.45) is 0.0222. The number of rotatable bonds is 7. The number of sulfonamides is 1. The van der Waals surface area contributed by atoms with Crippen molar-refractivity contribution >= 4 is 27.5 Å². The van der Waals surface area contributed by atoms with Crippen LogP contribution in [-0.2, 0) is 10.0 Å². The average Bonchev–Trinajstić information content (AvgIpc) is 2.78. The fraction of sp³-hybridized carbons (Fsp3) is 0.130. The van der Waals surface area contributed by atoms with Crippen LogP contribution in [0.5, 0.6) is 5.75 Å². The molecule has 3 rings (SSSR count). The van der Waals surface area contributed by atoms with Gasteiger partial charge >= 0.3 is 0 Å². The van der Waals surface area contributed by atoms with E-state index in [0.717, 1.165) is 0 Å². The number of hydrazine groups is 1. The molecule has 0 aliphatic rings. The van der Waals surface area contributed by atoms with Gasteiger partial charge in [-0.1, -0.05) is 18.2 Å². The quantitative estimate of drug-likeness (QED) is 0.475. The van der Waals surface area contributed by atoms with Crippen LogP contribution in [-0.4, -0.2) is 26.3 Å². The Bertz CT molecular complexity index is 1180. The number of nitrogens with one attached hydrogen (secondary N) is 3. The minimum absolute atomic E-state index is 0.0222. The molecule has 0 saturated heterocycles. The molecule has 3 aromatic rings. The third-order valence-electron chi connectivity index (χ3n) is 4.23. The molecule has 0 aliphatic carbocycles. The molecule has 3 aromatic carbocycles. The van der Waals surface area contributed by atoms with E-state index in [9.17, 15) is 18.0 Å². The first-order valence-electron chi connectivity index (χ1n) is 9.80. The van der Waals surface area contributed by atoms with Crippen LogP contribution >= 0.6 is 0 Å². The van der Waals surface area contributed by atoms with Crippen molar-refractivity contribution in [2.24, 2.45) is 0 Å². The van der Waals surface area contributed by atoms with Crippen molar-refractivity contribution in [2.75, 3.05) is 4.72 Å². The number of carbonyl (C=O) groups excluding carboxylic acids is 2. The summed E-state index contributed by atoms with van der Waals surface area (Å²) in [6.45, 7) is 3.81. The van der Waals surface area contributed by atoms with E-state index in [-0.39, 0.29) is 16.6 Å². The van der Waals surface area contributed by atoms with E-state index in [1.54, 1.807) is 42.5 Å². The lowest BCUT2D eigenvalue weighted by Gasteiger charge is -2.11. The number of benzene rings is 3. The second kappa shape index (κ2) is 9.97. The fourth-order valence-electron chi connectivity index (χ4n) is 2.72. The van der Waals surface area contributed by atoms with Gasteiger partial charge in [0, 0.05) is 16.8 Å². The van der Waals surface area contributed by atoms with Crippen LogP contribution < -0.4 is 20.3 Å². The standard InChI is InChI=1S/C23H23N3O5S/c1-16(2)31-20-14-10-18(11-15-20)23(28)25-24-22(27)17-8-12-19(13-9-17)26-32(29,30)21-6-4-3-5-7-21/h3-16,26H,1-2H3,(H,24,27)(H,25,28). The Balaban J connectivity index is 1.56. The molecule has 0 aliphatic heterocycles. The van der Waals surface area contributed by atoms with Gasteiger partial charge in [-0.25, -0.2) is 8.42 Å². The van der Waals surface area contributed by atoms with Crippen LogP contribution in [0, 0.1) is 0 Å². The second-order valence-corrected chi connectivity index (χ2v) is 8.78. The summed E-state index contributed by atoms with van der Waals surface area (Å²) in [6, 6.07) is 20.3. The molecule has 32 heavy (non-hydrogen) atoms. The zero-order valence-corrected chi connectivity index (χ0v) is 18.3. The predicted molar refractivity (Wildman–Crippen MR) is 121 cm³/mol. The summed E-state index contributed by atoms with van der Waals surface area (Å²) in [5.74, 6) is -0.388. The molecule has 166 valence electrons. The fourth-order valence-corrected chi connectivity index (χ4v) is 3.80. The molecule has 0 aromatic heterocycles. The molecule has 9 heteroatoms. The highest BCUT2D eigenvalue weighted by molar-refractivity contribution is 7.92.